The van der Waals surface area contributed by atoms with Crippen molar-refractivity contribution in [2.75, 3.05) is 4.72 Å². The summed E-state index contributed by atoms with van der Waals surface area (Å²) in [5.41, 5.74) is -0.176. The van der Waals surface area contributed by atoms with Gasteiger partial charge < -0.3 is 9.88 Å². The van der Waals surface area contributed by atoms with Crippen molar-refractivity contribution in [3.05, 3.63) is 77.4 Å². The number of hydrogen-bond acceptors (Lipinski definition) is 4. The summed E-state index contributed by atoms with van der Waals surface area (Å²) in [5.74, 6) is 0.615. The molecule has 2 aromatic carbocycles. The number of rotatable bonds is 6. The van der Waals surface area contributed by atoms with Crippen LogP contribution in [-0.2, 0) is 35.7 Å². The van der Waals surface area contributed by atoms with Crippen molar-refractivity contribution in [1.29, 1.82) is 0 Å². The Balaban J connectivity index is 1.40. The third kappa shape index (κ3) is 5.36. The zero-order valence-electron chi connectivity index (χ0n) is 17.4. The normalized spacial score (nSPS) is 13.9. The number of alkyl halides is 3. The minimum atomic E-state index is -4.59. The van der Waals surface area contributed by atoms with Crippen LogP contribution in [0.3, 0.4) is 0 Å². The minimum absolute atomic E-state index is 0.182. The molecule has 0 fully saturated rings. The van der Waals surface area contributed by atoms with Crippen molar-refractivity contribution in [3.63, 3.8) is 0 Å². The van der Waals surface area contributed by atoms with E-state index in [2.05, 4.69) is 19.6 Å². The predicted molar refractivity (Wildman–Crippen MR) is 115 cm³/mol. The molecule has 7 nitrogen and oxygen atoms in total. The van der Waals surface area contributed by atoms with Crippen LogP contribution in [0.2, 0.25) is 0 Å². The molecule has 0 saturated carbocycles. The first-order valence-corrected chi connectivity index (χ1v) is 11.7. The molecule has 3 aromatic rings. The van der Waals surface area contributed by atoms with E-state index in [-0.39, 0.29) is 22.7 Å². The van der Waals surface area contributed by atoms with Gasteiger partial charge in [0, 0.05) is 30.4 Å². The van der Waals surface area contributed by atoms with Crippen molar-refractivity contribution in [2.24, 2.45) is 0 Å². The molecular weight excluding hydrogens is 457 g/mol. The average Bonchev–Trinajstić information content (AvgIpc) is 3.20. The van der Waals surface area contributed by atoms with Crippen LogP contribution in [0.15, 0.2) is 59.6 Å². The number of aromatic nitrogens is 2. The zero-order valence-corrected chi connectivity index (χ0v) is 18.2. The Morgan fingerprint density at radius 1 is 1.09 bits per heavy atom. The van der Waals surface area contributed by atoms with E-state index in [4.69, 9.17) is 0 Å². The first kappa shape index (κ1) is 22.8. The maximum Gasteiger partial charge on any atom is 0.416 e. The van der Waals surface area contributed by atoms with E-state index in [0.29, 0.717) is 6.07 Å². The Bertz CT molecular complexity index is 1250. The van der Waals surface area contributed by atoms with E-state index in [1.807, 2.05) is 6.20 Å². The summed E-state index contributed by atoms with van der Waals surface area (Å²) in [6, 6.07) is 9.03. The van der Waals surface area contributed by atoms with Gasteiger partial charge in [0.15, 0.2) is 0 Å². The largest absolute Gasteiger partial charge is 0.416 e. The Morgan fingerprint density at radius 2 is 1.85 bits per heavy atom. The van der Waals surface area contributed by atoms with Crippen LogP contribution >= 0.6 is 0 Å². The molecule has 1 amide bonds. The van der Waals surface area contributed by atoms with E-state index in [9.17, 15) is 26.4 Å². The number of benzene rings is 2. The van der Waals surface area contributed by atoms with E-state index in [1.54, 1.807) is 0 Å². The molecule has 0 bridgehead atoms. The highest BCUT2D eigenvalue weighted by Crippen LogP contribution is 2.31. The van der Waals surface area contributed by atoms with Gasteiger partial charge in [-0.1, -0.05) is 6.07 Å². The van der Waals surface area contributed by atoms with Gasteiger partial charge in [-0.3, -0.25) is 9.52 Å². The Labute approximate surface area is 188 Å². The van der Waals surface area contributed by atoms with E-state index in [0.717, 1.165) is 49.5 Å². The lowest BCUT2D eigenvalue weighted by Gasteiger charge is -2.11. The number of sulfonamides is 1. The topological polar surface area (TPSA) is 93.1 Å². The number of carbonyl (C=O) groups excluding carboxylic acids is 1. The number of fused-ring (bicyclic) bond motifs is 1. The molecule has 4 rings (SSSR count). The maximum absolute atomic E-state index is 12.9. The number of hydrogen-bond donors (Lipinski definition) is 2. The molecule has 33 heavy (non-hydrogen) atoms. The lowest BCUT2D eigenvalue weighted by atomic mass is 10.2. The number of anilines is 1. The number of aryl methyl sites for hydroxylation is 2. The van der Waals surface area contributed by atoms with Gasteiger partial charge in [-0.05, 0) is 55.3 Å². The second-order valence-corrected chi connectivity index (χ2v) is 9.37. The van der Waals surface area contributed by atoms with Crippen molar-refractivity contribution < 1.29 is 26.4 Å². The minimum Gasteiger partial charge on any atom is -0.346 e. The molecule has 1 aliphatic rings. The summed E-state index contributed by atoms with van der Waals surface area (Å²) in [6.07, 6.45) is 0.447. The van der Waals surface area contributed by atoms with Gasteiger partial charge in [0.2, 0.25) is 0 Å². The van der Waals surface area contributed by atoms with Crippen molar-refractivity contribution in [2.45, 2.75) is 43.4 Å². The van der Waals surface area contributed by atoms with Crippen LogP contribution in [-0.4, -0.2) is 23.9 Å². The maximum atomic E-state index is 12.9. The van der Waals surface area contributed by atoms with Crippen LogP contribution in [0.5, 0.6) is 0 Å². The number of carbonyl (C=O) groups is 1. The highest BCUT2D eigenvalue weighted by atomic mass is 32.2. The van der Waals surface area contributed by atoms with Gasteiger partial charge in [-0.2, -0.15) is 13.2 Å². The van der Waals surface area contributed by atoms with E-state index < -0.39 is 27.7 Å². The highest BCUT2D eigenvalue weighted by molar-refractivity contribution is 7.92. The molecular formula is C22H21F3N4O3S. The monoisotopic (exact) mass is 478 g/mol. The average molecular weight is 478 g/mol. The SMILES string of the molecule is O=C(NCc1cn2c(n1)CCCC2)c1ccc(S(=O)(=O)Nc2cccc(C(F)(F)F)c2)cc1. The first-order chi connectivity index (χ1) is 15.6. The van der Waals surface area contributed by atoms with Gasteiger partial charge in [-0.25, -0.2) is 13.4 Å². The lowest BCUT2D eigenvalue weighted by Crippen LogP contribution is -2.23. The van der Waals surface area contributed by atoms with Gasteiger partial charge in [0.25, 0.3) is 15.9 Å². The van der Waals surface area contributed by atoms with Gasteiger partial charge in [-0.15, -0.1) is 0 Å². The summed E-state index contributed by atoms with van der Waals surface area (Å²) in [7, 11) is -4.14. The Hall–Kier alpha value is -3.34. The molecule has 0 aliphatic carbocycles. The molecule has 2 N–H and O–H groups in total. The molecule has 2 heterocycles. The van der Waals surface area contributed by atoms with Crippen LogP contribution < -0.4 is 10.0 Å². The Kier molecular flexibility index (Phi) is 6.15. The second kappa shape index (κ2) is 8.89. The van der Waals surface area contributed by atoms with Crippen molar-refractivity contribution >= 4 is 21.6 Å². The quantitative estimate of drug-likeness (QED) is 0.561. The fraction of sp³-hybridized carbons (Fsp3) is 0.273. The molecule has 1 aromatic heterocycles. The Morgan fingerprint density at radius 3 is 2.55 bits per heavy atom. The molecule has 0 unspecified atom stereocenters. The summed E-state index contributed by atoms with van der Waals surface area (Å²) in [5, 5.41) is 2.76. The third-order valence-corrected chi connectivity index (χ3v) is 6.65. The molecule has 11 heteroatoms. The van der Waals surface area contributed by atoms with Crippen molar-refractivity contribution in [3.8, 4) is 0 Å². The summed E-state index contributed by atoms with van der Waals surface area (Å²) in [4.78, 5) is 16.8. The molecule has 0 spiro atoms. The number of nitrogens with one attached hydrogen (secondary N) is 2. The third-order valence-electron chi connectivity index (χ3n) is 5.26. The second-order valence-electron chi connectivity index (χ2n) is 7.69. The summed E-state index contributed by atoms with van der Waals surface area (Å²) >= 11 is 0. The van der Waals surface area contributed by atoms with Crippen LogP contribution in [0.25, 0.3) is 0 Å². The highest BCUT2D eigenvalue weighted by Gasteiger charge is 2.30. The number of nitrogens with zero attached hydrogens (tertiary/aromatic N) is 2. The molecule has 0 atom stereocenters. The van der Waals surface area contributed by atoms with Gasteiger partial charge >= 0.3 is 6.18 Å². The van der Waals surface area contributed by atoms with Crippen LogP contribution in [0.1, 0.15) is 40.3 Å². The number of amides is 1. The fourth-order valence-electron chi connectivity index (χ4n) is 3.59. The summed E-state index contributed by atoms with van der Waals surface area (Å²) in [6.45, 7) is 1.16. The van der Waals surface area contributed by atoms with Gasteiger partial charge in [0.1, 0.15) is 5.82 Å². The fourth-order valence-corrected chi connectivity index (χ4v) is 4.64. The first-order valence-electron chi connectivity index (χ1n) is 10.2. The van der Waals surface area contributed by atoms with Crippen molar-refractivity contribution in [1.82, 2.24) is 14.9 Å². The van der Waals surface area contributed by atoms with E-state index in [1.165, 1.54) is 30.3 Å². The zero-order chi connectivity index (χ0) is 23.6. The number of imidazole rings is 1. The van der Waals surface area contributed by atoms with E-state index >= 15 is 0 Å². The lowest BCUT2D eigenvalue weighted by molar-refractivity contribution is -0.137. The number of halogens is 3. The smallest absolute Gasteiger partial charge is 0.346 e. The summed E-state index contributed by atoms with van der Waals surface area (Å²) < 4.78 is 67.9. The van der Waals surface area contributed by atoms with Crippen LogP contribution in [0, 0.1) is 0 Å². The molecule has 1 aliphatic heterocycles. The molecule has 174 valence electrons. The predicted octanol–water partition coefficient (Wildman–Crippen LogP) is 3.97. The van der Waals surface area contributed by atoms with Gasteiger partial charge in [0.05, 0.1) is 22.7 Å². The van der Waals surface area contributed by atoms with Crippen LogP contribution in [0.4, 0.5) is 18.9 Å². The molecule has 0 saturated heterocycles. The standard InChI is InChI=1S/C22H21F3N4O3S/c23-22(24,25)16-4-3-5-17(12-16)28-33(31,32)19-9-7-15(8-10-19)21(30)26-13-18-14-29-11-2-1-6-20(29)27-18/h3-5,7-10,12,14,28H,1-2,6,11,13H2,(H,26,30). The molecule has 0 radical (unpaired) electrons.